The summed E-state index contributed by atoms with van der Waals surface area (Å²) < 4.78 is 7.95. The van der Waals surface area contributed by atoms with Crippen molar-refractivity contribution in [2.45, 2.75) is 32.0 Å². The Kier molecular flexibility index (Phi) is 7.07. The van der Waals surface area contributed by atoms with Crippen molar-refractivity contribution in [3.63, 3.8) is 0 Å². The number of carbonyl (C=O) groups excluding carboxylic acids is 2. The number of aliphatic carboxylic acids is 1. The van der Waals surface area contributed by atoms with Gasteiger partial charge >= 0.3 is 5.97 Å². The summed E-state index contributed by atoms with van der Waals surface area (Å²) in [6, 6.07) is 4.98. The van der Waals surface area contributed by atoms with Crippen molar-refractivity contribution in [2.24, 2.45) is 11.7 Å². The molecule has 7 nitrogen and oxygen atoms in total. The molecule has 0 aliphatic carbocycles. The van der Waals surface area contributed by atoms with Gasteiger partial charge < -0.3 is 21.5 Å². The topological polar surface area (TPSA) is 122 Å². The quantitative estimate of drug-likeness (QED) is 0.431. The van der Waals surface area contributed by atoms with Gasteiger partial charge in [-0.25, -0.2) is 4.79 Å². The Morgan fingerprint density at radius 3 is 2.29 bits per heavy atom. The summed E-state index contributed by atoms with van der Waals surface area (Å²) >= 11 is 4.01. The van der Waals surface area contributed by atoms with E-state index < -0.39 is 35.9 Å². The molecular weight excluding hydrogens is 330 g/mol. The summed E-state index contributed by atoms with van der Waals surface area (Å²) in [6.45, 7) is 3.29. The Morgan fingerprint density at radius 2 is 1.83 bits per heavy atom. The largest absolute Gasteiger partial charge is 0.480 e. The van der Waals surface area contributed by atoms with Gasteiger partial charge in [0.2, 0.25) is 11.8 Å². The fourth-order valence-electron chi connectivity index (χ4n) is 1.98. The van der Waals surface area contributed by atoms with Crippen molar-refractivity contribution in [1.82, 2.24) is 10.6 Å². The molecule has 2 amide bonds. The Morgan fingerprint density at radius 1 is 1.25 bits per heavy atom. The summed E-state index contributed by atoms with van der Waals surface area (Å²) in [5.74, 6) is -3.24. The van der Waals surface area contributed by atoms with Crippen LogP contribution < -0.4 is 16.4 Å². The van der Waals surface area contributed by atoms with Crippen LogP contribution >= 0.6 is 12.6 Å². The highest BCUT2D eigenvalue weighted by Gasteiger charge is 2.29. The molecule has 132 valence electrons. The van der Waals surface area contributed by atoms with Gasteiger partial charge in [-0.3, -0.25) is 9.59 Å². The van der Waals surface area contributed by atoms with Crippen molar-refractivity contribution in [2.75, 3.05) is 5.75 Å². The van der Waals surface area contributed by atoms with Crippen LogP contribution in [0.1, 0.15) is 25.5 Å². The lowest BCUT2D eigenvalue weighted by Gasteiger charge is -2.23. The molecule has 0 bridgehead atoms. The van der Waals surface area contributed by atoms with Gasteiger partial charge in [0.1, 0.15) is 18.1 Å². The molecular formula is C16H23N3O4S. The highest BCUT2D eigenvalue weighted by molar-refractivity contribution is 7.80. The lowest BCUT2D eigenvalue weighted by Crippen LogP contribution is -2.55. The van der Waals surface area contributed by atoms with E-state index in [0.29, 0.717) is 10.9 Å². The Hall–Kier alpha value is -2.06. The summed E-state index contributed by atoms with van der Waals surface area (Å²) in [5.41, 5.74) is 6.38. The molecule has 0 fully saturated rings. The van der Waals surface area contributed by atoms with Crippen molar-refractivity contribution in [3.8, 4) is 0 Å². The number of carboxylic acid groups (broad SMARTS) is 1. The lowest BCUT2D eigenvalue weighted by molar-refractivity contribution is -0.143. The second-order valence-corrected chi connectivity index (χ2v) is 5.99. The molecule has 0 aromatic heterocycles. The van der Waals surface area contributed by atoms with Crippen LogP contribution in [-0.4, -0.2) is 40.7 Å². The van der Waals surface area contributed by atoms with Gasteiger partial charge in [0, 0.05) is 5.75 Å². The van der Waals surface area contributed by atoms with E-state index in [9.17, 15) is 14.4 Å². The highest BCUT2D eigenvalue weighted by atomic mass is 32.1. The van der Waals surface area contributed by atoms with E-state index in [1.165, 1.54) is 0 Å². The van der Waals surface area contributed by atoms with Crippen LogP contribution in [0, 0.1) is 5.92 Å². The molecule has 0 radical (unpaired) electrons. The standard InChI is InChI=1S/C16H23N3O4S/c1-9(2)13(16(22)23)19-14(20)11(8-24)18-15(21)12(17)10-6-4-3-5-7-10/h3-7,9,11-13,24H,8,17H2,1-2H3,(H,18,21)(H,19,20)(H,22,23)/t11-,12+,13-/m0/s1/i/hD. The maximum absolute atomic E-state index is 12.4. The third kappa shape index (κ3) is 5.54. The summed E-state index contributed by atoms with van der Waals surface area (Å²) in [4.78, 5) is 35.9. The normalized spacial score (nSPS) is 15.1. The first-order valence-electron chi connectivity index (χ1n) is 7.91. The minimum Gasteiger partial charge on any atom is -0.480 e. The molecule has 1 rings (SSSR count). The van der Waals surface area contributed by atoms with Crippen molar-refractivity contribution in [3.05, 3.63) is 35.9 Å². The first-order chi connectivity index (χ1) is 11.7. The number of rotatable bonds is 8. The number of nitrogens with one attached hydrogen (secondary N) is 2. The van der Waals surface area contributed by atoms with E-state index in [4.69, 9.17) is 12.3 Å². The molecule has 0 heterocycles. The van der Waals surface area contributed by atoms with Crippen LogP contribution in [0.25, 0.3) is 0 Å². The molecule has 0 saturated heterocycles. The summed E-state index contributed by atoms with van der Waals surface area (Å²) in [5, 5.41) is 11.9. The molecule has 3 atom stereocenters. The third-order valence-electron chi connectivity index (χ3n) is 3.41. The van der Waals surface area contributed by atoms with Crippen molar-refractivity contribution < 1.29 is 20.9 Å². The van der Waals surface area contributed by atoms with Gasteiger partial charge in [0.05, 0.1) is 0 Å². The van der Waals surface area contributed by atoms with E-state index in [-0.39, 0.29) is 11.7 Å². The summed E-state index contributed by atoms with van der Waals surface area (Å²) in [7, 11) is 0. The van der Waals surface area contributed by atoms with Gasteiger partial charge in [-0.05, 0) is 11.5 Å². The van der Waals surface area contributed by atoms with Gasteiger partial charge in [-0.15, -0.1) is 0 Å². The number of benzene rings is 1. The number of nitrogens with two attached hydrogens (primary N) is 1. The minimum atomic E-state index is -1.26. The van der Waals surface area contributed by atoms with E-state index in [2.05, 4.69) is 17.9 Å². The predicted octanol–water partition coefficient (Wildman–Crippen LogP) is 0.326. The number of carboxylic acids is 1. The second-order valence-electron chi connectivity index (χ2n) is 5.62. The van der Waals surface area contributed by atoms with Gasteiger partial charge in [-0.1, -0.05) is 44.2 Å². The van der Waals surface area contributed by atoms with Crippen molar-refractivity contribution in [1.29, 1.82) is 0 Å². The van der Waals surface area contributed by atoms with Crippen molar-refractivity contribution >= 4 is 30.4 Å². The zero-order chi connectivity index (χ0) is 19.1. The predicted molar refractivity (Wildman–Crippen MR) is 93.6 cm³/mol. The molecule has 8 heteroatoms. The molecule has 0 aliphatic rings. The monoisotopic (exact) mass is 354 g/mol. The molecule has 0 aliphatic heterocycles. The maximum Gasteiger partial charge on any atom is 0.326 e. The number of thiol groups is 1. The SMILES string of the molecule is [2H]N(C(=O)[C@H](N)c1ccccc1)[C@@H](CS)C(=O)N[C@H](C(=O)O)C(C)C. The first kappa shape index (κ1) is 18.3. The molecule has 1 aromatic rings. The molecule has 0 unspecified atom stereocenters. The number of hydrogen-bond donors (Lipinski definition) is 5. The Bertz CT molecular complexity index is 615. The van der Waals surface area contributed by atoms with Crippen LogP contribution in [0.15, 0.2) is 30.3 Å². The fourth-order valence-corrected chi connectivity index (χ4v) is 2.23. The van der Waals surface area contributed by atoms with E-state index >= 15 is 0 Å². The third-order valence-corrected chi connectivity index (χ3v) is 3.76. The fraction of sp³-hybridized carbons (Fsp3) is 0.438. The average Bonchev–Trinajstić information content (AvgIpc) is 2.59. The van der Waals surface area contributed by atoms with Crippen LogP contribution in [0.2, 0.25) is 1.41 Å². The van der Waals surface area contributed by atoms with E-state index in [1.54, 1.807) is 44.2 Å². The summed E-state index contributed by atoms with van der Waals surface area (Å²) in [6.07, 6.45) is 0. The number of carbonyl (C=O) groups is 3. The number of hydrogen-bond acceptors (Lipinski definition) is 5. The lowest BCUT2D eigenvalue weighted by atomic mass is 10.0. The molecule has 1 aromatic carbocycles. The minimum absolute atomic E-state index is 0.146. The van der Waals surface area contributed by atoms with Crippen LogP contribution in [0.4, 0.5) is 0 Å². The van der Waals surface area contributed by atoms with Crippen LogP contribution in [0.5, 0.6) is 0 Å². The zero-order valence-electron chi connectivity index (χ0n) is 14.5. The number of amides is 2. The first-order valence-corrected chi connectivity index (χ1v) is 8.10. The Labute approximate surface area is 147 Å². The molecule has 0 saturated carbocycles. The highest BCUT2D eigenvalue weighted by Crippen LogP contribution is 2.10. The Balaban J connectivity index is 2.88. The van der Waals surface area contributed by atoms with E-state index in [0.717, 1.165) is 0 Å². The van der Waals surface area contributed by atoms with Crippen LogP contribution in [0.3, 0.4) is 0 Å². The van der Waals surface area contributed by atoms with Crippen LogP contribution in [-0.2, 0) is 14.4 Å². The second kappa shape index (κ2) is 9.29. The molecule has 0 spiro atoms. The average molecular weight is 354 g/mol. The molecule has 5 N–H and O–H groups in total. The molecule has 24 heavy (non-hydrogen) atoms. The van der Waals surface area contributed by atoms with Gasteiger partial charge in [0.25, 0.3) is 0 Å². The van der Waals surface area contributed by atoms with E-state index in [1.807, 2.05) is 0 Å². The van der Waals surface area contributed by atoms with Gasteiger partial charge in [-0.2, -0.15) is 12.6 Å². The smallest absolute Gasteiger partial charge is 0.326 e. The maximum atomic E-state index is 12.4. The zero-order valence-corrected chi connectivity index (χ0v) is 14.4. The van der Waals surface area contributed by atoms with Gasteiger partial charge in [0.15, 0.2) is 1.41 Å².